The molecule has 0 unspecified atom stereocenters. The second-order valence-electron chi connectivity index (χ2n) is 7.42. The maximum atomic E-state index is 13.3. The molecule has 0 bridgehead atoms. The second kappa shape index (κ2) is 10.8. The van der Waals surface area contributed by atoms with Gasteiger partial charge in [-0.1, -0.05) is 6.07 Å². The number of carbonyl (C=O) groups excluding carboxylic acids is 1. The van der Waals surface area contributed by atoms with Gasteiger partial charge in [0.05, 0.1) is 47.1 Å². The zero-order valence-electron chi connectivity index (χ0n) is 18.3. The van der Waals surface area contributed by atoms with E-state index in [2.05, 4.69) is 25.3 Å². The average molecular weight is 469 g/mol. The van der Waals surface area contributed by atoms with Crippen molar-refractivity contribution in [2.75, 3.05) is 5.32 Å². The SMILES string of the molecule is CC(C)n1cncc1-c1cccc(NC(=O)C(C=Nc2cncc(B(O)O)c2)=C(N)C(F)F)n1. The maximum Gasteiger partial charge on any atom is 0.490 e. The van der Waals surface area contributed by atoms with Gasteiger partial charge in [-0.2, -0.15) is 0 Å². The normalized spacial score (nSPS) is 12.4. The minimum absolute atomic E-state index is 0.0353. The van der Waals surface area contributed by atoms with Crippen LogP contribution in [0.25, 0.3) is 11.4 Å². The summed E-state index contributed by atoms with van der Waals surface area (Å²) in [5.41, 5.74) is 5.28. The number of halogens is 2. The first-order chi connectivity index (χ1) is 16.2. The molecule has 3 rings (SSSR count). The van der Waals surface area contributed by atoms with Gasteiger partial charge in [-0.05, 0) is 32.0 Å². The summed E-state index contributed by atoms with van der Waals surface area (Å²) in [7, 11) is -1.79. The fraction of sp³-hybridized carbons (Fsp3) is 0.190. The Morgan fingerprint density at radius 2 is 2.00 bits per heavy atom. The van der Waals surface area contributed by atoms with Crippen molar-refractivity contribution in [1.29, 1.82) is 0 Å². The van der Waals surface area contributed by atoms with Crippen LogP contribution in [-0.2, 0) is 4.79 Å². The van der Waals surface area contributed by atoms with Crippen LogP contribution in [-0.4, -0.2) is 55.2 Å². The Hall–Kier alpha value is -3.97. The van der Waals surface area contributed by atoms with E-state index in [0.29, 0.717) is 11.4 Å². The minimum Gasteiger partial charge on any atom is -0.423 e. The molecule has 10 nitrogen and oxygen atoms in total. The number of nitrogens with one attached hydrogen (secondary N) is 1. The number of rotatable bonds is 8. The van der Waals surface area contributed by atoms with Crippen LogP contribution in [0.1, 0.15) is 19.9 Å². The van der Waals surface area contributed by atoms with Gasteiger partial charge in [0.1, 0.15) is 5.82 Å². The van der Waals surface area contributed by atoms with Crippen LogP contribution >= 0.6 is 0 Å². The lowest BCUT2D eigenvalue weighted by Crippen LogP contribution is -2.29. The number of hydrogen-bond acceptors (Lipinski definition) is 8. The van der Waals surface area contributed by atoms with Crippen LogP contribution in [0.3, 0.4) is 0 Å². The van der Waals surface area contributed by atoms with E-state index in [-0.39, 0.29) is 23.0 Å². The summed E-state index contributed by atoms with van der Waals surface area (Å²) in [5, 5.41) is 20.9. The van der Waals surface area contributed by atoms with Gasteiger partial charge in [0.2, 0.25) is 0 Å². The van der Waals surface area contributed by atoms with Crippen molar-refractivity contribution in [3.8, 4) is 11.4 Å². The lowest BCUT2D eigenvalue weighted by molar-refractivity contribution is -0.112. The lowest BCUT2D eigenvalue weighted by atomic mass is 9.81. The Labute approximate surface area is 194 Å². The first-order valence-electron chi connectivity index (χ1n) is 10.1. The van der Waals surface area contributed by atoms with E-state index >= 15 is 0 Å². The third-order valence-corrected chi connectivity index (χ3v) is 4.65. The van der Waals surface area contributed by atoms with Crippen LogP contribution in [0.4, 0.5) is 20.3 Å². The van der Waals surface area contributed by atoms with Gasteiger partial charge in [-0.25, -0.2) is 18.7 Å². The zero-order chi connectivity index (χ0) is 24.8. The Morgan fingerprint density at radius 1 is 1.24 bits per heavy atom. The summed E-state index contributed by atoms with van der Waals surface area (Å²) in [4.78, 5) is 29.0. The molecule has 176 valence electrons. The van der Waals surface area contributed by atoms with Crippen molar-refractivity contribution >= 4 is 36.2 Å². The number of aliphatic imine (C=N–C) groups is 1. The van der Waals surface area contributed by atoms with Gasteiger partial charge in [-0.3, -0.25) is 14.8 Å². The van der Waals surface area contributed by atoms with Gasteiger partial charge in [-0.15, -0.1) is 0 Å². The molecule has 3 heterocycles. The van der Waals surface area contributed by atoms with Crippen molar-refractivity contribution in [2.24, 2.45) is 10.7 Å². The number of nitrogens with zero attached hydrogens (tertiary/aromatic N) is 5. The molecule has 0 aliphatic rings. The van der Waals surface area contributed by atoms with Gasteiger partial charge >= 0.3 is 7.12 Å². The monoisotopic (exact) mass is 469 g/mol. The van der Waals surface area contributed by atoms with E-state index in [1.54, 1.807) is 24.7 Å². The third kappa shape index (κ3) is 5.88. The maximum absolute atomic E-state index is 13.3. The summed E-state index contributed by atoms with van der Waals surface area (Å²) < 4.78 is 28.5. The van der Waals surface area contributed by atoms with Gasteiger partial charge in [0.15, 0.2) is 0 Å². The molecule has 0 aliphatic carbocycles. The van der Waals surface area contributed by atoms with Crippen molar-refractivity contribution < 1.29 is 23.6 Å². The number of imidazole rings is 1. The molecule has 3 aromatic heterocycles. The number of carbonyl (C=O) groups is 1. The molecule has 5 N–H and O–H groups in total. The number of aromatic nitrogens is 4. The lowest BCUT2D eigenvalue weighted by Gasteiger charge is -2.12. The van der Waals surface area contributed by atoms with E-state index in [4.69, 9.17) is 5.73 Å². The number of nitrogens with two attached hydrogens (primary N) is 1. The van der Waals surface area contributed by atoms with Crippen molar-refractivity contribution in [2.45, 2.75) is 26.3 Å². The number of amides is 1. The highest BCUT2D eigenvalue weighted by atomic mass is 19.3. The first kappa shape index (κ1) is 24.7. The number of hydrogen-bond donors (Lipinski definition) is 4. The van der Waals surface area contributed by atoms with Gasteiger partial charge in [0.25, 0.3) is 12.3 Å². The molecule has 0 aliphatic heterocycles. The molecule has 0 fully saturated rings. The summed E-state index contributed by atoms with van der Waals surface area (Å²) in [6, 6.07) is 6.27. The molecule has 0 spiro atoms. The molecule has 34 heavy (non-hydrogen) atoms. The minimum atomic E-state index is -3.12. The molecule has 0 saturated heterocycles. The molecule has 0 radical (unpaired) electrons. The standard InChI is InChI=1S/C21H22BF2N7O3/c1-12(2)31-11-27-10-17(31)16-4-3-5-18(29-16)30-21(32)15(19(25)20(23)24)9-28-14-6-13(22(33)34)7-26-8-14/h3-12,20,33-34H,25H2,1-2H3,(H,29,30,32). The fourth-order valence-corrected chi connectivity index (χ4v) is 2.92. The molecule has 1 amide bonds. The number of alkyl halides is 2. The number of anilines is 1. The summed E-state index contributed by atoms with van der Waals surface area (Å²) in [5.74, 6) is -0.839. The smallest absolute Gasteiger partial charge is 0.423 e. The summed E-state index contributed by atoms with van der Waals surface area (Å²) in [6.45, 7) is 3.96. The molecular weight excluding hydrogens is 447 g/mol. The highest BCUT2D eigenvalue weighted by Gasteiger charge is 2.20. The Balaban J connectivity index is 1.88. The van der Waals surface area contributed by atoms with E-state index < -0.39 is 30.7 Å². The Morgan fingerprint density at radius 3 is 2.68 bits per heavy atom. The molecule has 0 saturated carbocycles. The van der Waals surface area contributed by atoms with E-state index in [1.165, 1.54) is 24.5 Å². The third-order valence-electron chi connectivity index (χ3n) is 4.65. The van der Waals surface area contributed by atoms with E-state index in [9.17, 15) is 23.6 Å². The second-order valence-corrected chi connectivity index (χ2v) is 7.42. The molecule has 0 aromatic carbocycles. The topological polar surface area (TPSA) is 152 Å². The number of allylic oxidation sites excluding steroid dienone is 1. The van der Waals surface area contributed by atoms with Crippen molar-refractivity contribution in [1.82, 2.24) is 19.5 Å². The van der Waals surface area contributed by atoms with Gasteiger partial charge in [0, 0.05) is 23.9 Å². The first-order valence-corrected chi connectivity index (χ1v) is 10.1. The number of pyridine rings is 2. The van der Waals surface area contributed by atoms with E-state index in [1.807, 2.05) is 18.4 Å². The molecule has 3 aromatic rings. The van der Waals surface area contributed by atoms with Crippen molar-refractivity contribution in [3.63, 3.8) is 0 Å². The van der Waals surface area contributed by atoms with Gasteiger partial charge < -0.3 is 25.7 Å². The zero-order valence-corrected chi connectivity index (χ0v) is 18.3. The summed E-state index contributed by atoms with van der Waals surface area (Å²) in [6.07, 6.45) is 3.48. The van der Waals surface area contributed by atoms with E-state index in [0.717, 1.165) is 6.21 Å². The van der Waals surface area contributed by atoms with Crippen LogP contribution in [0.2, 0.25) is 0 Å². The predicted octanol–water partition coefficient (Wildman–Crippen LogP) is 1.42. The van der Waals surface area contributed by atoms with Crippen LogP contribution in [0.15, 0.2) is 65.4 Å². The Bertz CT molecular complexity index is 1230. The van der Waals surface area contributed by atoms with Crippen molar-refractivity contribution in [3.05, 3.63) is 60.5 Å². The Kier molecular flexibility index (Phi) is 7.81. The average Bonchev–Trinajstić information content (AvgIpc) is 3.30. The highest BCUT2D eigenvalue weighted by molar-refractivity contribution is 6.58. The fourth-order valence-electron chi connectivity index (χ4n) is 2.92. The largest absolute Gasteiger partial charge is 0.490 e. The molecule has 13 heteroatoms. The highest BCUT2D eigenvalue weighted by Crippen LogP contribution is 2.22. The quantitative estimate of drug-likeness (QED) is 0.221. The molecule has 0 atom stereocenters. The van der Waals surface area contributed by atoms with Crippen LogP contribution in [0, 0.1) is 0 Å². The van der Waals surface area contributed by atoms with Crippen LogP contribution < -0.4 is 16.5 Å². The predicted molar refractivity (Wildman–Crippen MR) is 124 cm³/mol. The molecular formula is C21H22BF2N7O3. The van der Waals surface area contributed by atoms with Crippen LogP contribution in [0.5, 0.6) is 0 Å². The summed E-state index contributed by atoms with van der Waals surface area (Å²) >= 11 is 0.